The van der Waals surface area contributed by atoms with Crippen LogP contribution in [-0.2, 0) is 14.8 Å². The average molecular weight is 373 g/mol. The summed E-state index contributed by atoms with van der Waals surface area (Å²) >= 11 is 10.1. The number of aldehydes is 1. The standard InChI is InChI=1S/C10H11BrClNO3S2/c11-10-8(12)5-9(17-10)18(15,16)13-4-2-1-3-7(13)6-14/h5-7H,1-4H2. The van der Waals surface area contributed by atoms with Gasteiger partial charge in [-0.05, 0) is 34.8 Å². The Morgan fingerprint density at radius 2 is 2.22 bits per heavy atom. The van der Waals surface area contributed by atoms with E-state index in [9.17, 15) is 13.2 Å². The summed E-state index contributed by atoms with van der Waals surface area (Å²) in [5, 5.41) is 0.373. The van der Waals surface area contributed by atoms with Crippen LogP contribution in [0, 0.1) is 0 Å². The minimum atomic E-state index is -3.62. The van der Waals surface area contributed by atoms with Crippen LogP contribution in [0.3, 0.4) is 0 Å². The van der Waals surface area contributed by atoms with Crippen molar-refractivity contribution in [2.45, 2.75) is 29.5 Å². The molecule has 0 bridgehead atoms. The van der Waals surface area contributed by atoms with E-state index in [2.05, 4.69) is 15.9 Å². The summed E-state index contributed by atoms with van der Waals surface area (Å²) in [7, 11) is -3.62. The Hall–Kier alpha value is 0.0500. The van der Waals surface area contributed by atoms with Gasteiger partial charge in [0.1, 0.15) is 10.5 Å². The minimum Gasteiger partial charge on any atom is -0.302 e. The van der Waals surface area contributed by atoms with E-state index < -0.39 is 16.1 Å². The normalized spacial score (nSPS) is 22.0. The van der Waals surface area contributed by atoms with Gasteiger partial charge in [-0.3, -0.25) is 0 Å². The lowest BCUT2D eigenvalue weighted by atomic mass is 10.1. The van der Waals surface area contributed by atoms with Crippen molar-refractivity contribution >= 4 is 55.2 Å². The summed E-state index contributed by atoms with van der Waals surface area (Å²) in [6, 6.07) is 0.866. The number of carbonyl (C=O) groups is 1. The highest BCUT2D eigenvalue weighted by molar-refractivity contribution is 9.11. The van der Waals surface area contributed by atoms with E-state index in [0.29, 0.717) is 28.1 Å². The highest BCUT2D eigenvalue weighted by Gasteiger charge is 2.34. The number of hydrogen-bond acceptors (Lipinski definition) is 4. The van der Waals surface area contributed by atoms with Crippen molar-refractivity contribution in [1.29, 1.82) is 0 Å². The summed E-state index contributed by atoms with van der Waals surface area (Å²) in [5.74, 6) is 0. The van der Waals surface area contributed by atoms with Gasteiger partial charge < -0.3 is 4.79 Å². The molecule has 8 heteroatoms. The van der Waals surface area contributed by atoms with Crippen LogP contribution < -0.4 is 0 Å². The second-order valence-electron chi connectivity index (χ2n) is 4.00. The SMILES string of the molecule is O=CC1CCCCN1S(=O)(=O)c1cc(Cl)c(Br)s1. The third-order valence-electron chi connectivity index (χ3n) is 2.84. The maximum atomic E-state index is 12.4. The average Bonchev–Trinajstić information content (AvgIpc) is 2.70. The maximum absolute atomic E-state index is 12.4. The predicted molar refractivity (Wildman–Crippen MR) is 74.6 cm³/mol. The number of halogens is 2. The lowest BCUT2D eigenvalue weighted by molar-refractivity contribution is -0.111. The van der Waals surface area contributed by atoms with E-state index in [4.69, 9.17) is 11.6 Å². The molecule has 0 amide bonds. The van der Waals surface area contributed by atoms with Crippen LogP contribution in [0.25, 0.3) is 0 Å². The van der Waals surface area contributed by atoms with Gasteiger partial charge >= 0.3 is 0 Å². The summed E-state index contributed by atoms with van der Waals surface area (Å²) < 4.78 is 26.9. The zero-order valence-corrected chi connectivity index (χ0v) is 13.3. The molecule has 1 aliphatic heterocycles. The van der Waals surface area contributed by atoms with E-state index >= 15 is 0 Å². The second-order valence-corrected chi connectivity index (χ2v) is 8.90. The molecule has 0 aliphatic carbocycles. The highest BCUT2D eigenvalue weighted by atomic mass is 79.9. The van der Waals surface area contributed by atoms with E-state index in [0.717, 1.165) is 24.2 Å². The highest BCUT2D eigenvalue weighted by Crippen LogP contribution is 2.37. The number of hydrogen-bond donors (Lipinski definition) is 0. The predicted octanol–water partition coefficient (Wildman–Crippen LogP) is 2.91. The summed E-state index contributed by atoms with van der Waals surface area (Å²) in [5.41, 5.74) is 0. The minimum absolute atomic E-state index is 0.174. The van der Waals surface area contributed by atoms with Gasteiger partial charge in [0.05, 0.1) is 14.9 Å². The Morgan fingerprint density at radius 1 is 1.50 bits per heavy atom. The summed E-state index contributed by atoms with van der Waals surface area (Å²) in [6.07, 6.45) is 2.96. The maximum Gasteiger partial charge on any atom is 0.253 e. The molecule has 1 unspecified atom stereocenters. The summed E-state index contributed by atoms with van der Waals surface area (Å²) in [4.78, 5) is 11.0. The van der Waals surface area contributed by atoms with Crippen molar-refractivity contribution in [1.82, 2.24) is 4.31 Å². The zero-order chi connectivity index (χ0) is 13.3. The molecule has 0 aromatic carbocycles. The summed E-state index contributed by atoms with van der Waals surface area (Å²) in [6.45, 7) is 0.388. The molecule has 2 rings (SSSR count). The molecule has 1 aromatic rings. The molecule has 0 saturated carbocycles. The van der Waals surface area contributed by atoms with E-state index in [1.165, 1.54) is 10.4 Å². The van der Waals surface area contributed by atoms with Gasteiger partial charge in [-0.15, -0.1) is 11.3 Å². The first-order valence-corrected chi connectivity index (χ1v) is 8.81. The Bertz CT molecular complexity index is 538. The molecule has 0 radical (unpaired) electrons. The monoisotopic (exact) mass is 371 g/mol. The van der Waals surface area contributed by atoms with Crippen LogP contribution in [0.5, 0.6) is 0 Å². The number of piperidine rings is 1. The fourth-order valence-electron chi connectivity index (χ4n) is 1.93. The van der Waals surface area contributed by atoms with Crippen molar-refractivity contribution in [3.8, 4) is 0 Å². The lowest BCUT2D eigenvalue weighted by Gasteiger charge is -2.30. The lowest BCUT2D eigenvalue weighted by Crippen LogP contribution is -2.44. The van der Waals surface area contributed by atoms with Crippen LogP contribution in [0.2, 0.25) is 5.02 Å². The molecule has 0 spiro atoms. The van der Waals surface area contributed by atoms with Crippen LogP contribution in [-0.4, -0.2) is 31.6 Å². The number of nitrogens with zero attached hydrogens (tertiary/aromatic N) is 1. The van der Waals surface area contributed by atoms with Gasteiger partial charge in [0.25, 0.3) is 10.0 Å². The Morgan fingerprint density at radius 3 is 2.78 bits per heavy atom. The van der Waals surface area contributed by atoms with Gasteiger partial charge in [0, 0.05) is 6.54 Å². The largest absolute Gasteiger partial charge is 0.302 e. The number of carbonyl (C=O) groups excluding carboxylic acids is 1. The van der Waals surface area contributed by atoms with Gasteiger partial charge in [-0.1, -0.05) is 18.0 Å². The third-order valence-corrected chi connectivity index (χ3v) is 7.69. The first kappa shape index (κ1) is 14.5. The van der Waals surface area contributed by atoms with Crippen molar-refractivity contribution < 1.29 is 13.2 Å². The van der Waals surface area contributed by atoms with Gasteiger partial charge in [-0.25, -0.2) is 8.42 Å². The molecule has 1 fully saturated rings. The number of rotatable bonds is 3. The molecule has 4 nitrogen and oxygen atoms in total. The third kappa shape index (κ3) is 2.65. The van der Waals surface area contributed by atoms with Crippen LogP contribution in [0.15, 0.2) is 14.1 Å². The number of sulfonamides is 1. The molecule has 1 saturated heterocycles. The first-order valence-electron chi connectivity index (χ1n) is 5.39. The van der Waals surface area contributed by atoms with E-state index in [-0.39, 0.29) is 4.21 Å². The van der Waals surface area contributed by atoms with Crippen molar-refractivity contribution in [3.63, 3.8) is 0 Å². The molecule has 1 atom stereocenters. The fourth-order valence-corrected chi connectivity index (χ4v) is 6.10. The van der Waals surface area contributed by atoms with Crippen molar-refractivity contribution in [2.75, 3.05) is 6.54 Å². The topological polar surface area (TPSA) is 54.5 Å². The van der Waals surface area contributed by atoms with Crippen LogP contribution in [0.4, 0.5) is 0 Å². The molecular weight excluding hydrogens is 362 g/mol. The van der Waals surface area contributed by atoms with Crippen LogP contribution in [0.1, 0.15) is 19.3 Å². The molecular formula is C10H11BrClNO3S2. The van der Waals surface area contributed by atoms with Crippen molar-refractivity contribution in [2.24, 2.45) is 0 Å². The Labute approximate surface area is 123 Å². The van der Waals surface area contributed by atoms with Crippen LogP contribution >= 0.6 is 38.9 Å². The quantitative estimate of drug-likeness (QED) is 0.767. The van der Waals surface area contributed by atoms with E-state index in [1.807, 2.05) is 0 Å². The smallest absolute Gasteiger partial charge is 0.253 e. The molecule has 0 N–H and O–H groups in total. The van der Waals surface area contributed by atoms with E-state index in [1.54, 1.807) is 0 Å². The molecule has 1 aromatic heterocycles. The van der Waals surface area contributed by atoms with Gasteiger partial charge in [0.15, 0.2) is 0 Å². The first-order chi connectivity index (χ1) is 8.46. The number of thiophene rings is 1. The second kappa shape index (κ2) is 5.58. The van der Waals surface area contributed by atoms with Gasteiger partial charge in [0.2, 0.25) is 0 Å². The zero-order valence-electron chi connectivity index (χ0n) is 9.30. The van der Waals surface area contributed by atoms with Gasteiger partial charge in [-0.2, -0.15) is 4.31 Å². The van der Waals surface area contributed by atoms with Crippen molar-refractivity contribution in [3.05, 3.63) is 14.9 Å². The fraction of sp³-hybridized carbons (Fsp3) is 0.500. The Balaban J connectivity index is 2.37. The molecule has 2 heterocycles. The molecule has 18 heavy (non-hydrogen) atoms. The molecule has 100 valence electrons. The Kier molecular flexibility index (Phi) is 4.48. The molecule has 1 aliphatic rings.